The highest BCUT2D eigenvalue weighted by atomic mass is 35.5. The number of nitrogens with one attached hydrogen (secondary N) is 1. The minimum absolute atomic E-state index is 0.115. The summed E-state index contributed by atoms with van der Waals surface area (Å²) in [6.45, 7) is 6.80. The molecule has 2 aromatic carbocycles. The number of rotatable bonds is 4. The van der Waals surface area contributed by atoms with Gasteiger partial charge in [-0.2, -0.15) is 0 Å². The fourth-order valence-corrected chi connectivity index (χ4v) is 2.61. The number of halogens is 1. The van der Waals surface area contributed by atoms with E-state index in [1.54, 1.807) is 11.9 Å². The van der Waals surface area contributed by atoms with Gasteiger partial charge < -0.3 is 10.2 Å². The van der Waals surface area contributed by atoms with Crippen LogP contribution in [0.25, 0.3) is 0 Å². The van der Waals surface area contributed by atoms with E-state index in [1.807, 2.05) is 43.3 Å². The van der Waals surface area contributed by atoms with Gasteiger partial charge in [-0.3, -0.25) is 0 Å². The molecule has 0 fully saturated rings. The summed E-state index contributed by atoms with van der Waals surface area (Å²) in [4.78, 5) is 14.2. The molecule has 2 amide bonds. The van der Waals surface area contributed by atoms with Crippen molar-refractivity contribution in [1.29, 1.82) is 0 Å². The Morgan fingerprint density at radius 2 is 1.83 bits per heavy atom. The first-order valence-electron chi connectivity index (χ1n) is 7.74. The van der Waals surface area contributed by atoms with Crippen LogP contribution in [-0.4, -0.2) is 18.0 Å². The molecule has 2 aromatic rings. The molecule has 0 spiro atoms. The van der Waals surface area contributed by atoms with E-state index >= 15 is 0 Å². The van der Waals surface area contributed by atoms with E-state index in [4.69, 9.17) is 11.6 Å². The zero-order chi connectivity index (χ0) is 17.0. The van der Waals surface area contributed by atoms with Crippen molar-refractivity contribution in [2.45, 2.75) is 33.2 Å². The first kappa shape index (κ1) is 17.4. The van der Waals surface area contributed by atoms with E-state index in [1.165, 1.54) is 0 Å². The van der Waals surface area contributed by atoms with Crippen LogP contribution in [0, 0.1) is 6.92 Å². The van der Waals surface area contributed by atoms with Gasteiger partial charge in [0.15, 0.2) is 0 Å². The van der Waals surface area contributed by atoms with Crippen molar-refractivity contribution in [3.63, 3.8) is 0 Å². The number of para-hydroxylation sites is 1. The lowest BCUT2D eigenvalue weighted by atomic mass is 9.98. The molecule has 0 aromatic heterocycles. The van der Waals surface area contributed by atoms with Crippen molar-refractivity contribution in [2.75, 3.05) is 12.4 Å². The van der Waals surface area contributed by atoms with Crippen LogP contribution in [0.2, 0.25) is 5.02 Å². The van der Waals surface area contributed by atoms with E-state index in [2.05, 4.69) is 25.2 Å². The first-order chi connectivity index (χ1) is 10.9. The van der Waals surface area contributed by atoms with Crippen LogP contribution in [0.5, 0.6) is 0 Å². The molecule has 0 unspecified atom stereocenters. The molecule has 0 aliphatic rings. The van der Waals surface area contributed by atoms with Crippen molar-refractivity contribution in [3.8, 4) is 0 Å². The second-order valence-electron chi connectivity index (χ2n) is 6.11. The maximum absolute atomic E-state index is 12.5. The Morgan fingerprint density at radius 1 is 1.17 bits per heavy atom. The van der Waals surface area contributed by atoms with E-state index in [9.17, 15) is 4.79 Å². The van der Waals surface area contributed by atoms with E-state index in [0.29, 0.717) is 17.5 Å². The number of hydrogen-bond acceptors (Lipinski definition) is 1. The summed E-state index contributed by atoms with van der Waals surface area (Å²) < 4.78 is 0. The lowest BCUT2D eigenvalue weighted by Gasteiger charge is -2.21. The van der Waals surface area contributed by atoms with Crippen LogP contribution >= 0.6 is 11.6 Å². The van der Waals surface area contributed by atoms with Gasteiger partial charge in [-0.15, -0.1) is 0 Å². The van der Waals surface area contributed by atoms with E-state index in [-0.39, 0.29) is 6.03 Å². The molecule has 0 saturated carbocycles. The standard InChI is InChI=1S/C19H23ClN2O/c1-13(2)17-7-5-6-14(3)18(17)21-19(23)22(4)12-15-8-10-16(20)11-9-15/h5-11,13H,12H2,1-4H3,(H,21,23). The van der Waals surface area contributed by atoms with Crippen molar-refractivity contribution >= 4 is 23.3 Å². The van der Waals surface area contributed by atoms with Gasteiger partial charge >= 0.3 is 6.03 Å². The van der Waals surface area contributed by atoms with Crippen LogP contribution in [-0.2, 0) is 6.54 Å². The van der Waals surface area contributed by atoms with Crippen LogP contribution < -0.4 is 5.32 Å². The van der Waals surface area contributed by atoms with Gasteiger partial charge in [0.1, 0.15) is 0 Å². The fourth-order valence-electron chi connectivity index (χ4n) is 2.48. The zero-order valence-electron chi connectivity index (χ0n) is 14.1. The number of carbonyl (C=O) groups is 1. The minimum atomic E-state index is -0.115. The SMILES string of the molecule is Cc1cccc(C(C)C)c1NC(=O)N(C)Cc1ccc(Cl)cc1. The number of nitrogens with zero attached hydrogens (tertiary/aromatic N) is 1. The molecule has 0 atom stereocenters. The Bertz CT molecular complexity index is 680. The summed E-state index contributed by atoms with van der Waals surface area (Å²) in [5, 5.41) is 3.75. The van der Waals surface area contributed by atoms with Crippen molar-refractivity contribution in [1.82, 2.24) is 4.90 Å². The second-order valence-corrected chi connectivity index (χ2v) is 6.54. The highest BCUT2D eigenvalue weighted by Gasteiger charge is 2.15. The molecule has 122 valence electrons. The summed E-state index contributed by atoms with van der Waals surface area (Å²) in [6.07, 6.45) is 0. The topological polar surface area (TPSA) is 32.3 Å². The largest absolute Gasteiger partial charge is 0.323 e. The highest BCUT2D eigenvalue weighted by Crippen LogP contribution is 2.27. The predicted octanol–water partition coefficient (Wildman–Crippen LogP) is 5.44. The summed E-state index contributed by atoms with van der Waals surface area (Å²) in [5.41, 5.74) is 4.18. The van der Waals surface area contributed by atoms with E-state index in [0.717, 1.165) is 22.4 Å². The van der Waals surface area contributed by atoms with Crippen LogP contribution in [0.1, 0.15) is 36.5 Å². The third-order valence-electron chi connectivity index (χ3n) is 3.84. The molecule has 2 rings (SSSR count). The molecule has 0 saturated heterocycles. The summed E-state index contributed by atoms with van der Waals surface area (Å²) in [5.74, 6) is 0.353. The number of carbonyl (C=O) groups excluding carboxylic acids is 1. The second kappa shape index (κ2) is 7.51. The number of hydrogen-bond donors (Lipinski definition) is 1. The molecule has 23 heavy (non-hydrogen) atoms. The minimum Gasteiger partial charge on any atom is -0.323 e. The van der Waals surface area contributed by atoms with Crippen molar-refractivity contribution in [2.24, 2.45) is 0 Å². The van der Waals surface area contributed by atoms with Gasteiger partial charge in [-0.1, -0.05) is 55.8 Å². The first-order valence-corrected chi connectivity index (χ1v) is 8.12. The van der Waals surface area contributed by atoms with Gasteiger partial charge in [0.05, 0.1) is 0 Å². The Balaban J connectivity index is 2.11. The third-order valence-corrected chi connectivity index (χ3v) is 4.09. The van der Waals surface area contributed by atoms with Gasteiger partial charge in [0.25, 0.3) is 0 Å². The van der Waals surface area contributed by atoms with Crippen molar-refractivity contribution < 1.29 is 4.79 Å². The Labute approximate surface area is 143 Å². The van der Waals surface area contributed by atoms with Crippen LogP contribution in [0.4, 0.5) is 10.5 Å². The van der Waals surface area contributed by atoms with Gasteiger partial charge in [-0.05, 0) is 41.7 Å². The molecule has 3 nitrogen and oxygen atoms in total. The normalized spacial score (nSPS) is 10.7. The molecule has 0 aliphatic heterocycles. The van der Waals surface area contributed by atoms with Crippen molar-refractivity contribution in [3.05, 3.63) is 64.2 Å². The Morgan fingerprint density at radius 3 is 2.43 bits per heavy atom. The van der Waals surface area contributed by atoms with Crippen LogP contribution in [0.3, 0.4) is 0 Å². The molecule has 0 aliphatic carbocycles. The fraction of sp³-hybridized carbons (Fsp3) is 0.316. The molecule has 0 heterocycles. The average molecular weight is 331 g/mol. The lowest BCUT2D eigenvalue weighted by Crippen LogP contribution is -2.31. The Hall–Kier alpha value is -2.00. The van der Waals surface area contributed by atoms with E-state index < -0.39 is 0 Å². The number of urea groups is 1. The molecule has 0 bridgehead atoms. The predicted molar refractivity (Wildman–Crippen MR) is 97.2 cm³/mol. The molecule has 4 heteroatoms. The molecular weight excluding hydrogens is 308 g/mol. The van der Waals surface area contributed by atoms with Crippen LogP contribution in [0.15, 0.2) is 42.5 Å². The number of amides is 2. The summed E-state index contributed by atoms with van der Waals surface area (Å²) >= 11 is 5.89. The number of benzene rings is 2. The third kappa shape index (κ3) is 4.49. The zero-order valence-corrected chi connectivity index (χ0v) is 14.8. The van der Waals surface area contributed by atoms with Gasteiger partial charge in [0, 0.05) is 24.3 Å². The van der Waals surface area contributed by atoms with Gasteiger partial charge in [-0.25, -0.2) is 4.79 Å². The quantitative estimate of drug-likeness (QED) is 0.795. The monoisotopic (exact) mass is 330 g/mol. The molecular formula is C19H23ClN2O. The molecule has 0 radical (unpaired) electrons. The van der Waals surface area contributed by atoms with Gasteiger partial charge in [0.2, 0.25) is 0 Å². The Kier molecular flexibility index (Phi) is 5.67. The maximum atomic E-state index is 12.5. The number of aryl methyl sites for hydroxylation is 1. The maximum Gasteiger partial charge on any atom is 0.321 e. The number of anilines is 1. The summed E-state index contributed by atoms with van der Waals surface area (Å²) in [7, 11) is 1.79. The smallest absolute Gasteiger partial charge is 0.321 e. The molecule has 1 N–H and O–H groups in total. The average Bonchev–Trinajstić information content (AvgIpc) is 2.51. The lowest BCUT2D eigenvalue weighted by molar-refractivity contribution is 0.220. The highest BCUT2D eigenvalue weighted by molar-refractivity contribution is 6.30. The summed E-state index contributed by atoms with van der Waals surface area (Å²) in [6, 6.07) is 13.5.